The maximum absolute atomic E-state index is 5.70. The number of ether oxygens (including phenoxy) is 1. The van der Waals surface area contributed by atoms with Crippen molar-refractivity contribution in [1.29, 1.82) is 0 Å². The standard InChI is InChI=1S/C16H27NO/c1-6-10-17-15(16(18-5)12(2)3)14-9-7-8-13(4)11-14/h7-9,11-12,15-17H,6,10H2,1-5H3. The van der Waals surface area contributed by atoms with Crippen molar-refractivity contribution >= 4 is 0 Å². The average molecular weight is 249 g/mol. The van der Waals surface area contributed by atoms with Crippen molar-refractivity contribution in [2.75, 3.05) is 13.7 Å². The van der Waals surface area contributed by atoms with Gasteiger partial charge in [0.05, 0.1) is 12.1 Å². The van der Waals surface area contributed by atoms with Crippen LogP contribution in [0.4, 0.5) is 0 Å². The number of aryl methyl sites for hydroxylation is 1. The van der Waals surface area contributed by atoms with Gasteiger partial charge in [-0.2, -0.15) is 0 Å². The monoisotopic (exact) mass is 249 g/mol. The van der Waals surface area contributed by atoms with Crippen molar-refractivity contribution in [2.24, 2.45) is 5.92 Å². The van der Waals surface area contributed by atoms with E-state index in [4.69, 9.17) is 4.74 Å². The summed E-state index contributed by atoms with van der Waals surface area (Å²) >= 11 is 0. The molecule has 102 valence electrons. The van der Waals surface area contributed by atoms with E-state index in [0.717, 1.165) is 13.0 Å². The summed E-state index contributed by atoms with van der Waals surface area (Å²) in [4.78, 5) is 0. The molecule has 0 aliphatic carbocycles. The number of hydrogen-bond donors (Lipinski definition) is 1. The molecule has 18 heavy (non-hydrogen) atoms. The molecular formula is C16H27NO. The molecule has 1 aromatic rings. The Bertz CT molecular complexity index is 349. The van der Waals surface area contributed by atoms with Gasteiger partial charge >= 0.3 is 0 Å². The smallest absolute Gasteiger partial charge is 0.0788 e. The largest absolute Gasteiger partial charge is 0.379 e. The van der Waals surface area contributed by atoms with Crippen LogP contribution in [0.2, 0.25) is 0 Å². The van der Waals surface area contributed by atoms with Gasteiger partial charge in [0.2, 0.25) is 0 Å². The van der Waals surface area contributed by atoms with Crippen molar-refractivity contribution in [3.05, 3.63) is 35.4 Å². The van der Waals surface area contributed by atoms with Crippen molar-refractivity contribution in [1.82, 2.24) is 5.32 Å². The van der Waals surface area contributed by atoms with Crippen LogP contribution < -0.4 is 5.32 Å². The Kier molecular flexibility index (Phi) is 6.37. The fourth-order valence-electron chi connectivity index (χ4n) is 2.38. The van der Waals surface area contributed by atoms with Crippen molar-refractivity contribution in [3.8, 4) is 0 Å². The second kappa shape index (κ2) is 7.55. The highest BCUT2D eigenvalue weighted by molar-refractivity contribution is 5.26. The van der Waals surface area contributed by atoms with E-state index in [2.05, 4.69) is 57.3 Å². The van der Waals surface area contributed by atoms with Gasteiger partial charge in [-0.05, 0) is 31.4 Å². The number of methoxy groups -OCH3 is 1. The lowest BCUT2D eigenvalue weighted by molar-refractivity contribution is 0.0326. The van der Waals surface area contributed by atoms with E-state index in [1.807, 2.05) is 0 Å². The van der Waals surface area contributed by atoms with Crippen LogP contribution in [-0.2, 0) is 4.74 Å². The molecule has 2 atom stereocenters. The van der Waals surface area contributed by atoms with Gasteiger partial charge in [-0.15, -0.1) is 0 Å². The SMILES string of the molecule is CCCNC(c1cccc(C)c1)C(OC)C(C)C. The lowest BCUT2D eigenvalue weighted by Crippen LogP contribution is -2.37. The first-order valence-corrected chi connectivity index (χ1v) is 6.92. The first kappa shape index (κ1) is 15.2. The lowest BCUT2D eigenvalue weighted by atomic mass is 9.92. The van der Waals surface area contributed by atoms with Crippen LogP contribution in [0, 0.1) is 12.8 Å². The molecule has 0 amide bonds. The summed E-state index contributed by atoms with van der Waals surface area (Å²) in [7, 11) is 1.81. The Labute approximate surface area is 112 Å². The van der Waals surface area contributed by atoms with Gasteiger partial charge in [0.25, 0.3) is 0 Å². The van der Waals surface area contributed by atoms with Crippen molar-refractivity contribution in [2.45, 2.75) is 46.3 Å². The third-order valence-electron chi connectivity index (χ3n) is 3.27. The number of rotatable bonds is 7. The quantitative estimate of drug-likeness (QED) is 0.795. The molecule has 1 N–H and O–H groups in total. The first-order valence-electron chi connectivity index (χ1n) is 6.92. The van der Waals surface area contributed by atoms with E-state index >= 15 is 0 Å². The average Bonchev–Trinajstić information content (AvgIpc) is 2.33. The Hall–Kier alpha value is -0.860. The third kappa shape index (κ3) is 4.11. The Morgan fingerprint density at radius 3 is 2.50 bits per heavy atom. The van der Waals surface area contributed by atoms with Gasteiger partial charge in [0.15, 0.2) is 0 Å². The van der Waals surface area contributed by atoms with Crippen molar-refractivity contribution < 1.29 is 4.74 Å². The van der Waals surface area contributed by atoms with Crippen LogP contribution in [0.15, 0.2) is 24.3 Å². The molecule has 0 aliphatic heterocycles. The molecule has 2 unspecified atom stereocenters. The maximum atomic E-state index is 5.70. The molecule has 0 radical (unpaired) electrons. The molecule has 0 spiro atoms. The third-order valence-corrected chi connectivity index (χ3v) is 3.27. The molecule has 1 aromatic carbocycles. The highest BCUT2D eigenvalue weighted by Gasteiger charge is 2.25. The predicted octanol–water partition coefficient (Wildman–Crippen LogP) is 3.71. The van der Waals surface area contributed by atoms with Crippen LogP contribution in [0.1, 0.15) is 44.4 Å². The lowest BCUT2D eigenvalue weighted by Gasteiger charge is -2.30. The number of hydrogen-bond acceptors (Lipinski definition) is 2. The van der Waals surface area contributed by atoms with Crippen LogP contribution in [0.5, 0.6) is 0 Å². The molecule has 2 heteroatoms. The molecule has 2 nitrogen and oxygen atoms in total. The molecule has 0 aliphatic rings. The number of nitrogens with one attached hydrogen (secondary N) is 1. The van der Waals surface area contributed by atoms with Gasteiger partial charge in [-0.1, -0.05) is 50.6 Å². The van der Waals surface area contributed by atoms with Gasteiger partial charge in [0, 0.05) is 7.11 Å². The second-order valence-electron chi connectivity index (χ2n) is 5.29. The predicted molar refractivity (Wildman–Crippen MR) is 77.8 cm³/mol. The van der Waals surface area contributed by atoms with Crippen LogP contribution in [0.3, 0.4) is 0 Å². The molecule has 1 rings (SSSR count). The summed E-state index contributed by atoms with van der Waals surface area (Å²) in [5.41, 5.74) is 2.62. The fraction of sp³-hybridized carbons (Fsp3) is 0.625. The Morgan fingerprint density at radius 1 is 1.28 bits per heavy atom. The molecule has 0 heterocycles. The fourth-order valence-corrected chi connectivity index (χ4v) is 2.38. The summed E-state index contributed by atoms with van der Waals surface area (Å²) in [6.45, 7) is 9.77. The maximum Gasteiger partial charge on any atom is 0.0788 e. The first-order chi connectivity index (χ1) is 8.60. The summed E-state index contributed by atoms with van der Waals surface area (Å²) in [6.07, 6.45) is 1.34. The van der Waals surface area contributed by atoms with E-state index in [9.17, 15) is 0 Å². The van der Waals surface area contributed by atoms with Gasteiger partial charge in [-0.25, -0.2) is 0 Å². The van der Waals surface area contributed by atoms with E-state index in [1.54, 1.807) is 7.11 Å². The van der Waals surface area contributed by atoms with E-state index in [1.165, 1.54) is 11.1 Å². The molecule has 0 saturated carbocycles. The zero-order valence-electron chi connectivity index (χ0n) is 12.4. The molecule has 0 saturated heterocycles. The molecule has 0 fully saturated rings. The zero-order valence-corrected chi connectivity index (χ0v) is 12.4. The highest BCUT2D eigenvalue weighted by Crippen LogP contribution is 2.25. The minimum atomic E-state index is 0.207. The minimum Gasteiger partial charge on any atom is -0.379 e. The summed E-state index contributed by atoms with van der Waals surface area (Å²) in [6, 6.07) is 8.97. The van der Waals surface area contributed by atoms with Gasteiger partial charge < -0.3 is 10.1 Å². The van der Waals surface area contributed by atoms with E-state index in [0.29, 0.717) is 5.92 Å². The highest BCUT2D eigenvalue weighted by atomic mass is 16.5. The van der Waals surface area contributed by atoms with Crippen LogP contribution in [-0.4, -0.2) is 19.8 Å². The molecule has 0 aromatic heterocycles. The normalized spacial score (nSPS) is 14.8. The van der Waals surface area contributed by atoms with Crippen molar-refractivity contribution in [3.63, 3.8) is 0 Å². The number of benzene rings is 1. The second-order valence-corrected chi connectivity index (χ2v) is 5.29. The van der Waals surface area contributed by atoms with Gasteiger partial charge in [-0.3, -0.25) is 0 Å². The summed E-state index contributed by atoms with van der Waals surface area (Å²) in [5, 5.41) is 3.62. The minimum absolute atomic E-state index is 0.207. The van der Waals surface area contributed by atoms with E-state index < -0.39 is 0 Å². The Balaban J connectivity index is 2.96. The molecule has 0 bridgehead atoms. The van der Waals surface area contributed by atoms with E-state index in [-0.39, 0.29) is 12.1 Å². The topological polar surface area (TPSA) is 21.3 Å². The van der Waals surface area contributed by atoms with Crippen LogP contribution in [0.25, 0.3) is 0 Å². The van der Waals surface area contributed by atoms with Gasteiger partial charge in [0.1, 0.15) is 0 Å². The molecular weight excluding hydrogens is 222 g/mol. The van der Waals surface area contributed by atoms with Crippen LogP contribution >= 0.6 is 0 Å². The summed E-state index contributed by atoms with van der Waals surface area (Å²) in [5.74, 6) is 0.491. The zero-order chi connectivity index (χ0) is 13.5. The Morgan fingerprint density at radius 2 is 2.00 bits per heavy atom. The summed E-state index contributed by atoms with van der Waals surface area (Å²) < 4.78 is 5.70.